The third kappa shape index (κ3) is 4.97. The highest BCUT2D eigenvalue weighted by Gasteiger charge is 2.17. The fourth-order valence-electron chi connectivity index (χ4n) is 1.67. The van der Waals surface area contributed by atoms with E-state index in [1.807, 2.05) is 25.1 Å². The van der Waals surface area contributed by atoms with Crippen LogP contribution in [0.3, 0.4) is 0 Å². The van der Waals surface area contributed by atoms with Crippen molar-refractivity contribution in [3.63, 3.8) is 0 Å². The second-order valence-corrected chi connectivity index (χ2v) is 4.40. The predicted octanol–water partition coefficient (Wildman–Crippen LogP) is 0.821. The molecule has 0 aliphatic rings. The van der Waals surface area contributed by atoms with Gasteiger partial charge >= 0.3 is 5.97 Å². The molecule has 5 heteroatoms. The number of amides is 1. The maximum atomic E-state index is 11.9. The topological polar surface area (TPSA) is 69.6 Å². The Morgan fingerprint density at radius 2 is 1.89 bits per heavy atom. The molecule has 5 nitrogen and oxygen atoms in total. The number of carbonyl (C=O) groups excluding carboxylic acids is 1. The lowest BCUT2D eigenvalue weighted by atomic mass is 10.1. The summed E-state index contributed by atoms with van der Waals surface area (Å²) >= 11 is 0. The number of rotatable bonds is 6. The second kappa shape index (κ2) is 6.76. The number of carboxylic acid groups (broad SMARTS) is 1. The van der Waals surface area contributed by atoms with Gasteiger partial charge in [-0.05, 0) is 26.2 Å². The van der Waals surface area contributed by atoms with Crippen molar-refractivity contribution in [2.45, 2.75) is 12.5 Å². The summed E-state index contributed by atoms with van der Waals surface area (Å²) in [7, 11) is 3.67. The number of carboxylic acids is 1. The van der Waals surface area contributed by atoms with Crippen LogP contribution in [0.2, 0.25) is 0 Å². The van der Waals surface area contributed by atoms with E-state index in [9.17, 15) is 9.59 Å². The van der Waals surface area contributed by atoms with Crippen LogP contribution in [0.4, 0.5) is 0 Å². The molecule has 1 atom stereocenters. The molecule has 0 aliphatic carbocycles. The van der Waals surface area contributed by atoms with Gasteiger partial charge in [-0.2, -0.15) is 0 Å². The van der Waals surface area contributed by atoms with Gasteiger partial charge < -0.3 is 15.3 Å². The molecule has 1 aromatic carbocycles. The second-order valence-electron chi connectivity index (χ2n) is 4.40. The molecule has 0 aliphatic heterocycles. The van der Waals surface area contributed by atoms with Crippen LogP contribution in [0, 0.1) is 0 Å². The van der Waals surface area contributed by atoms with Crippen LogP contribution < -0.4 is 5.32 Å². The van der Waals surface area contributed by atoms with E-state index in [0.29, 0.717) is 12.1 Å². The molecule has 1 amide bonds. The first-order valence-corrected chi connectivity index (χ1v) is 5.71. The quantitative estimate of drug-likeness (QED) is 0.784. The highest BCUT2D eigenvalue weighted by atomic mass is 16.4. The molecule has 18 heavy (non-hydrogen) atoms. The van der Waals surface area contributed by atoms with Crippen molar-refractivity contribution in [3.8, 4) is 0 Å². The van der Waals surface area contributed by atoms with Crippen molar-refractivity contribution in [2.24, 2.45) is 0 Å². The van der Waals surface area contributed by atoms with Crippen molar-refractivity contribution in [3.05, 3.63) is 35.9 Å². The highest BCUT2D eigenvalue weighted by molar-refractivity contribution is 5.94. The minimum atomic E-state index is -0.921. The van der Waals surface area contributed by atoms with Gasteiger partial charge in [-0.15, -0.1) is 0 Å². The number of hydrogen-bond acceptors (Lipinski definition) is 3. The number of nitrogens with zero attached hydrogens (tertiary/aromatic N) is 1. The summed E-state index contributed by atoms with van der Waals surface area (Å²) in [5.74, 6) is -1.17. The fraction of sp³-hybridized carbons (Fsp3) is 0.385. The van der Waals surface area contributed by atoms with Gasteiger partial charge in [0.25, 0.3) is 5.91 Å². The van der Waals surface area contributed by atoms with Crippen LogP contribution in [0.25, 0.3) is 0 Å². The molecule has 1 rings (SSSR count). The van der Waals surface area contributed by atoms with E-state index in [-0.39, 0.29) is 12.3 Å². The van der Waals surface area contributed by atoms with Crippen molar-refractivity contribution in [1.82, 2.24) is 10.2 Å². The van der Waals surface area contributed by atoms with E-state index in [4.69, 9.17) is 5.11 Å². The van der Waals surface area contributed by atoms with Gasteiger partial charge in [-0.1, -0.05) is 18.2 Å². The summed E-state index contributed by atoms with van der Waals surface area (Å²) in [6.07, 6.45) is -0.0866. The lowest BCUT2D eigenvalue weighted by Gasteiger charge is -2.20. The van der Waals surface area contributed by atoms with Crippen molar-refractivity contribution in [1.29, 1.82) is 0 Å². The van der Waals surface area contributed by atoms with Gasteiger partial charge in [-0.3, -0.25) is 9.59 Å². The van der Waals surface area contributed by atoms with Gasteiger partial charge in [0.2, 0.25) is 0 Å². The zero-order chi connectivity index (χ0) is 13.5. The first kappa shape index (κ1) is 14.2. The Morgan fingerprint density at radius 1 is 1.28 bits per heavy atom. The summed E-state index contributed by atoms with van der Waals surface area (Å²) in [6.45, 7) is 0.491. The Labute approximate surface area is 106 Å². The van der Waals surface area contributed by atoms with Crippen LogP contribution >= 0.6 is 0 Å². The molecule has 0 aromatic heterocycles. The molecular formula is C13H18N2O3. The number of likely N-dealkylation sites (N-methyl/N-ethyl adjacent to an activating group) is 1. The Bertz CT molecular complexity index is 404. The highest BCUT2D eigenvalue weighted by Crippen LogP contribution is 2.01. The van der Waals surface area contributed by atoms with Gasteiger partial charge in [0.1, 0.15) is 0 Å². The lowest BCUT2D eigenvalue weighted by Crippen LogP contribution is -2.43. The number of hydrogen-bond donors (Lipinski definition) is 2. The maximum absolute atomic E-state index is 11.9. The van der Waals surface area contributed by atoms with E-state index in [1.54, 1.807) is 24.3 Å². The van der Waals surface area contributed by atoms with Gasteiger partial charge in [0.05, 0.1) is 12.5 Å². The van der Waals surface area contributed by atoms with E-state index < -0.39 is 12.0 Å². The van der Waals surface area contributed by atoms with Crippen molar-refractivity contribution in [2.75, 3.05) is 20.6 Å². The molecule has 0 saturated heterocycles. The molecule has 0 fully saturated rings. The van der Waals surface area contributed by atoms with Gasteiger partial charge in [-0.25, -0.2) is 0 Å². The summed E-state index contributed by atoms with van der Waals surface area (Å²) in [4.78, 5) is 24.5. The normalized spacial score (nSPS) is 12.2. The Kier molecular flexibility index (Phi) is 5.32. The average Bonchev–Trinajstić information content (AvgIpc) is 2.28. The summed E-state index contributed by atoms with van der Waals surface area (Å²) in [5.41, 5.74) is 0.534. The number of aliphatic carboxylic acids is 1. The number of benzene rings is 1. The molecular weight excluding hydrogens is 232 g/mol. The zero-order valence-corrected chi connectivity index (χ0v) is 10.6. The minimum absolute atomic E-state index is 0.0866. The van der Waals surface area contributed by atoms with Crippen LogP contribution in [-0.2, 0) is 4.79 Å². The zero-order valence-electron chi connectivity index (χ0n) is 10.6. The maximum Gasteiger partial charge on any atom is 0.305 e. The molecule has 0 heterocycles. The largest absolute Gasteiger partial charge is 0.481 e. The molecule has 0 spiro atoms. The van der Waals surface area contributed by atoms with E-state index in [2.05, 4.69) is 5.32 Å². The van der Waals surface area contributed by atoms with Crippen LogP contribution in [0.1, 0.15) is 16.8 Å². The third-order valence-electron chi connectivity index (χ3n) is 2.38. The molecule has 98 valence electrons. The average molecular weight is 250 g/mol. The first-order valence-electron chi connectivity index (χ1n) is 5.71. The SMILES string of the molecule is CN(C)CC(CC(=O)O)NC(=O)c1ccccc1. The first-order chi connectivity index (χ1) is 8.49. The smallest absolute Gasteiger partial charge is 0.305 e. The molecule has 1 unspecified atom stereocenters. The molecule has 2 N–H and O–H groups in total. The number of carbonyl (C=O) groups is 2. The Hall–Kier alpha value is -1.88. The van der Waals surface area contributed by atoms with E-state index in [1.165, 1.54) is 0 Å². The monoisotopic (exact) mass is 250 g/mol. The molecule has 0 radical (unpaired) electrons. The van der Waals surface area contributed by atoms with E-state index in [0.717, 1.165) is 0 Å². The van der Waals surface area contributed by atoms with Crippen LogP contribution in [0.15, 0.2) is 30.3 Å². The van der Waals surface area contributed by atoms with Crippen molar-refractivity contribution < 1.29 is 14.7 Å². The third-order valence-corrected chi connectivity index (χ3v) is 2.38. The van der Waals surface area contributed by atoms with Crippen LogP contribution in [-0.4, -0.2) is 48.6 Å². The van der Waals surface area contributed by atoms with Crippen molar-refractivity contribution >= 4 is 11.9 Å². The summed E-state index contributed by atoms with van der Waals surface area (Å²) in [5, 5.41) is 11.5. The number of nitrogens with one attached hydrogen (secondary N) is 1. The fourth-order valence-corrected chi connectivity index (χ4v) is 1.67. The summed E-state index contributed by atoms with van der Waals surface area (Å²) in [6, 6.07) is 8.36. The minimum Gasteiger partial charge on any atom is -0.481 e. The van der Waals surface area contributed by atoms with Gasteiger partial charge in [0.15, 0.2) is 0 Å². The summed E-state index contributed by atoms with van der Waals surface area (Å²) < 4.78 is 0. The van der Waals surface area contributed by atoms with E-state index >= 15 is 0 Å². The van der Waals surface area contributed by atoms with Gasteiger partial charge in [0, 0.05) is 12.1 Å². The predicted molar refractivity (Wildman–Crippen MR) is 68.5 cm³/mol. The molecule has 1 aromatic rings. The Balaban J connectivity index is 2.65. The molecule has 0 saturated carbocycles. The molecule has 0 bridgehead atoms. The Morgan fingerprint density at radius 3 is 2.39 bits per heavy atom. The lowest BCUT2D eigenvalue weighted by molar-refractivity contribution is -0.137. The standard InChI is InChI=1S/C13H18N2O3/c1-15(2)9-11(8-12(16)17)14-13(18)10-6-4-3-5-7-10/h3-7,11H,8-9H2,1-2H3,(H,14,18)(H,16,17). The van der Waals surface area contributed by atoms with Crippen LogP contribution in [0.5, 0.6) is 0 Å².